The predicted molar refractivity (Wildman–Crippen MR) is 307 cm³/mol. The van der Waals surface area contributed by atoms with Gasteiger partial charge in [0, 0.05) is 19.3 Å². The van der Waals surface area contributed by atoms with Gasteiger partial charge in [-0.2, -0.15) is 0 Å². The Balaban J connectivity index is 4.35. The molecule has 412 valence electrons. The molecule has 0 saturated carbocycles. The molecule has 6 heteroatoms. The van der Waals surface area contributed by atoms with E-state index in [0.29, 0.717) is 19.3 Å². The van der Waals surface area contributed by atoms with E-state index in [4.69, 9.17) is 14.2 Å². The Kier molecular flexibility index (Phi) is 57.2. The number of ether oxygens (including phenoxy) is 3. The third-order valence-electron chi connectivity index (χ3n) is 13.5. The van der Waals surface area contributed by atoms with E-state index in [2.05, 4.69) is 81.5 Å². The first-order chi connectivity index (χ1) is 35.0. The lowest BCUT2D eigenvalue weighted by Crippen LogP contribution is -2.30. The SMILES string of the molecule is CC/C=C\C/C=C\C/C=C\C/C=C\CCCCCCC(=O)OC[C@H](COC(=O)CCCCCCCCCCCCCCCCCCCCCCC)OC(=O)CCCCCCCCC/C=C\CCCCCC. The summed E-state index contributed by atoms with van der Waals surface area (Å²) in [7, 11) is 0. The average molecular weight is 994 g/mol. The van der Waals surface area contributed by atoms with Crippen LogP contribution in [0.3, 0.4) is 0 Å². The molecule has 0 fully saturated rings. The minimum Gasteiger partial charge on any atom is -0.462 e. The summed E-state index contributed by atoms with van der Waals surface area (Å²) in [5, 5.41) is 0. The molecule has 0 aromatic heterocycles. The lowest BCUT2D eigenvalue weighted by molar-refractivity contribution is -0.167. The molecular formula is C65H116O6. The molecule has 0 radical (unpaired) electrons. The summed E-state index contributed by atoms with van der Waals surface area (Å²) < 4.78 is 16.9. The van der Waals surface area contributed by atoms with E-state index < -0.39 is 6.10 Å². The first kappa shape index (κ1) is 68.1. The summed E-state index contributed by atoms with van der Waals surface area (Å²) in [5.74, 6) is -0.894. The summed E-state index contributed by atoms with van der Waals surface area (Å²) in [6.45, 7) is 6.53. The van der Waals surface area contributed by atoms with Gasteiger partial charge in [-0.15, -0.1) is 0 Å². The summed E-state index contributed by atoms with van der Waals surface area (Å²) in [4.78, 5) is 38.2. The van der Waals surface area contributed by atoms with E-state index in [1.165, 1.54) is 180 Å². The molecule has 0 aromatic carbocycles. The minimum atomic E-state index is -0.786. The zero-order chi connectivity index (χ0) is 51.4. The van der Waals surface area contributed by atoms with Crippen LogP contribution in [0.5, 0.6) is 0 Å². The molecule has 0 N–H and O–H groups in total. The largest absolute Gasteiger partial charge is 0.462 e. The van der Waals surface area contributed by atoms with Gasteiger partial charge in [0.25, 0.3) is 0 Å². The normalized spacial score (nSPS) is 12.4. The molecule has 0 aliphatic carbocycles. The van der Waals surface area contributed by atoms with Crippen LogP contribution in [0.4, 0.5) is 0 Å². The highest BCUT2D eigenvalue weighted by atomic mass is 16.6. The Bertz CT molecular complexity index is 1280. The number of carbonyl (C=O) groups is 3. The van der Waals surface area contributed by atoms with E-state index in [-0.39, 0.29) is 31.1 Å². The first-order valence-corrected chi connectivity index (χ1v) is 30.8. The summed E-state index contributed by atoms with van der Waals surface area (Å²) >= 11 is 0. The third kappa shape index (κ3) is 57.9. The standard InChI is InChI=1S/C65H116O6/c1-4-7-10-13-16-19-22-25-28-30-31-32-33-35-38-40-43-46-49-52-55-58-64(67)70-61-62(71-65(68)59-56-53-50-47-44-41-36-27-24-21-18-15-12-9-6-3)60-69-63(66)57-54-51-48-45-42-39-37-34-29-26-23-20-17-14-11-8-5-2/h8,11,17,20-21,24,26,29,37,39,62H,4-7,9-10,12-16,18-19,22-23,25,27-28,30-36,38,40-61H2,1-3H3/b11-8-,20-17-,24-21-,29-26-,39-37-/t62-/m1/s1. The Morgan fingerprint density at radius 3 is 0.887 bits per heavy atom. The van der Waals surface area contributed by atoms with Crippen molar-refractivity contribution in [2.75, 3.05) is 13.2 Å². The highest BCUT2D eigenvalue weighted by Gasteiger charge is 2.19. The number of esters is 3. The summed E-state index contributed by atoms with van der Waals surface area (Å²) in [5.41, 5.74) is 0. The van der Waals surface area contributed by atoms with Gasteiger partial charge in [0.15, 0.2) is 6.10 Å². The fourth-order valence-corrected chi connectivity index (χ4v) is 8.90. The fraction of sp³-hybridized carbons (Fsp3) is 0.800. The van der Waals surface area contributed by atoms with Crippen molar-refractivity contribution in [3.63, 3.8) is 0 Å². The summed E-state index contributed by atoms with van der Waals surface area (Å²) in [6.07, 6.45) is 75.1. The van der Waals surface area contributed by atoms with Crippen molar-refractivity contribution in [3.8, 4) is 0 Å². The van der Waals surface area contributed by atoms with Crippen LogP contribution in [0, 0.1) is 0 Å². The van der Waals surface area contributed by atoms with Crippen molar-refractivity contribution < 1.29 is 28.6 Å². The molecule has 71 heavy (non-hydrogen) atoms. The maximum atomic E-state index is 12.9. The number of rotatable bonds is 56. The zero-order valence-corrected chi connectivity index (χ0v) is 47.2. The van der Waals surface area contributed by atoms with Crippen LogP contribution in [0.25, 0.3) is 0 Å². The van der Waals surface area contributed by atoms with Gasteiger partial charge < -0.3 is 14.2 Å². The number of hydrogen-bond donors (Lipinski definition) is 0. The van der Waals surface area contributed by atoms with Gasteiger partial charge in [-0.1, -0.05) is 274 Å². The third-order valence-corrected chi connectivity index (χ3v) is 13.5. The molecule has 0 heterocycles. The van der Waals surface area contributed by atoms with Crippen LogP contribution in [0.15, 0.2) is 60.8 Å². The van der Waals surface area contributed by atoms with Crippen LogP contribution in [0.2, 0.25) is 0 Å². The fourth-order valence-electron chi connectivity index (χ4n) is 8.90. The highest BCUT2D eigenvalue weighted by molar-refractivity contribution is 5.71. The second-order valence-electron chi connectivity index (χ2n) is 20.6. The number of hydrogen-bond acceptors (Lipinski definition) is 6. The maximum absolute atomic E-state index is 12.9. The van der Waals surface area contributed by atoms with E-state index >= 15 is 0 Å². The molecule has 0 spiro atoms. The molecule has 0 aliphatic rings. The van der Waals surface area contributed by atoms with Crippen LogP contribution in [-0.4, -0.2) is 37.2 Å². The van der Waals surface area contributed by atoms with Gasteiger partial charge >= 0.3 is 17.9 Å². The monoisotopic (exact) mass is 993 g/mol. The van der Waals surface area contributed by atoms with Crippen molar-refractivity contribution in [1.82, 2.24) is 0 Å². The van der Waals surface area contributed by atoms with Crippen molar-refractivity contribution in [3.05, 3.63) is 60.8 Å². The molecule has 0 aliphatic heterocycles. The van der Waals surface area contributed by atoms with Crippen LogP contribution < -0.4 is 0 Å². The van der Waals surface area contributed by atoms with Crippen molar-refractivity contribution in [2.24, 2.45) is 0 Å². The van der Waals surface area contributed by atoms with Crippen molar-refractivity contribution in [2.45, 2.75) is 322 Å². The molecule has 0 aromatic rings. The van der Waals surface area contributed by atoms with Gasteiger partial charge in [-0.3, -0.25) is 14.4 Å². The Labute approximate surface area is 440 Å². The molecular weight excluding hydrogens is 877 g/mol. The minimum absolute atomic E-state index is 0.0809. The van der Waals surface area contributed by atoms with Crippen LogP contribution in [-0.2, 0) is 28.6 Å². The topological polar surface area (TPSA) is 78.9 Å². The molecule has 1 atom stereocenters. The Hall–Kier alpha value is -2.89. The van der Waals surface area contributed by atoms with Crippen LogP contribution >= 0.6 is 0 Å². The molecule has 6 nitrogen and oxygen atoms in total. The van der Waals surface area contributed by atoms with Crippen LogP contribution in [0.1, 0.15) is 316 Å². The maximum Gasteiger partial charge on any atom is 0.306 e. The Morgan fingerprint density at radius 2 is 0.549 bits per heavy atom. The first-order valence-electron chi connectivity index (χ1n) is 30.8. The second kappa shape index (κ2) is 59.7. The zero-order valence-electron chi connectivity index (χ0n) is 47.2. The number of carbonyl (C=O) groups excluding carboxylic acids is 3. The molecule has 0 bridgehead atoms. The van der Waals surface area contributed by atoms with E-state index in [9.17, 15) is 14.4 Å². The summed E-state index contributed by atoms with van der Waals surface area (Å²) in [6, 6.07) is 0. The Morgan fingerprint density at radius 1 is 0.296 bits per heavy atom. The lowest BCUT2D eigenvalue weighted by atomic mass is 10.0. The molecule has 0 amide bonds. The van der Waals surface area contributed by atoms with Gasteiger partial charge in [0.1, 0.15) is 13.2 Å². The van der Waals surface area contributed by atoms with Gasteiger partial charge in [0.05, 0.1) is 0 Å². The van der Waals surface area contributed by atoms with E-state index in [1.807, 2.05) is 0 Å². The quantitative estimate of drug-likeness (QED) is 0.0261. The predicted octanol–water partition coefficient (Wildman–Crippen LogP) is 20.8. The lowest BCUT2D eigenvalue weighted by Gasteiger charge is -2.18. The number of unbranched alkanes of at least 4 members (excludes halogenated alkanes) is 35. The van der Waals surface area contributed by atoms with Gasteiger partial charge in [-0.25, -0.2) is 0 Å². The van der Waals surface area contributed by atoms with E-state index in [0.717, 1.165) is 96.3 Å². The smallest absolute Gasteiger partial charge is 0.306 e. The average Bonchev–Trinajstić information content (AvgIpc) is 3.37. The van der Waals surface area contributed by atoms with E-state index in [1.54, 1.807) is 0 Å². The molecule has 0 saturated heterocycles. The van der Waals surface area contributed by atoms with Gasteiger partial charge in [-0.05, 0) is 83.5 Å². The van der Waals surface area contributed by atoms with Crippen molar-refractivity contribution in [1.29, 1.82) is 0 Å². The van der Waals surface area contributed by atoms with Crippen molar-refractivity contribution >= 4 is 17.9 Å². The number of allylic oxidation sites excluding steroid dienone is 10. The molecule has 0 unspecified atom stereocenters. The van der Waals surface area contributed by atoms with Gasteiger partial charge in [0.2, 0.25) is 0 Å². The molecule has 0 rings (SSSR count). The second-order valence-corrected chi connectivity index (χ2v) is 20.6. The highest BCUT2D eigenvalue weighted by Crippen LogP contribution is 2.17.